The van der Waals surface area contributed by atoms with Crippen LogP contribution in [0.1, 0.15) is 5.56 Å². The summed E-state index contributed by atoms with van der Waals surface area (Å²) >= 11 is 7.14. The van der Waals surface area contributed by atoms with Crippen LogP contribution < -0.4 is 5.73 Å². The third kappa shape index (κ3) is 2.63. The number of aryl methyl sites for hydroxylation is 1. The van der Waals surface area contributed by atoms with E-state index in [1.54, 1.807) is 0 Å². The molecule has 2 N–H and O–H groups in total. The highest BCUT2D eigenvalue weighted by Gasteiger charge is 2.20. The van der Waals surface area contributed by atoms with Gasteiger partial charge in [0.05, 0.1) is 5.56 Å². The molecule has 0 saturated heterocycles. The molecule has 3 rings (SSSR count). The zero-order chi connectivity index (χ0) is 15.0. The van der Waals surface area contributed by atoms with Gasteiger partial charge in [-0.15, -0.1) is 0 Å². The SMILES string of the molecule is Cc1ccc(-c2noc(N)c2-c2ccccc2Br)c(Br)c1. The van der Waals surface area contributed by atoms with Crippen molar-refractivity contribution in [3.63, 3.8) is 0 Å². The summed E-state index contributed by atoms with van der Waals surface area (Å²) in [7, 11) is 0. The fourth-order valence-corrected chi connectivity index (χ4v) is 3.39. The molecule has 0 aliphatic heterocycles. The molecule has 0 aliphatic carbocycles. The van der Waals surface area contributed by atoms with Gasteiger partial charge in [-0.2, -0.15) is 0 Å². The van der Waals surface area contributed by atoms with E-state index in [9.17, 15) is 0 Å². The number of rotatable bonds is 2. The van der Waals surface area contributed by atoms with Crippen LogP contribution in [0.2, 0.25) is 0 Å². The van der Waals surface area contributed by atoms with Crippen LogP contribution >= 0.6 is 31.9 Å². The standard InChI is InChI=1S/C16H12Br2N2O/c1-9-6-7-11(13(18)8-9)15-14(16(19)21-20-15)10-4-2-3-5-12(10)17/h2-8H,19H2,1H3. The van der Waals surface area contributed by atoms with Gasteiger partial charge in [0.25, 0.3) is 0 Å². The Balaban J connectivity index is 2.25. The Morgan fingerprint density at radius 1 is 1.00 bits per heavy atom. The molecule has 106 valence electrons. The summed E-state index contributed by atoms with van der Waals surface area (Å²) in [5.74, 6) is 0.310. The quantitative estimate of drug-likeness (QED) is 0.616. The molecule has 21 heavy (non-hydrogen) atoms. The average Bonchev–Trinajstić information content (AvgIpc) is 2.81. The van der Waals surface area contributed by atoms with Crippen LogP contribution in [0.15, 0.2) is 55.9 Å². The molecule has 0 unspecified atom stereocenters. The summed E-state index contributed by atoms with van der Waals surface area (Å²) in [6.07, 6.45) is 0. The summed E-state index contributed by atoms with van der Waals surface area (Å²) in [6, 6.07) is 14.0. The van der Waals surface area contributed by atoms with Crippen molar-refractivity contribution in [2.75, 3.05) is 5.73 Å². The largest absolute Gasteiger partial charge is 0.367 e. The topological polar surface area (TPSA) is 52.0 Å². The molecule has 0 saturated carbocycles. The molecular weight excluding hydrogens is 396 g/mol. The van der Waals surface area contributed by atoms with E-state index in [0.717, 1.165) is 31.3 Å². The molecular formula is C16H12Br2N2O. The lowest BCUT2D eigenvalue weighted by Gasteiger charge is -2.07. The smallest absolute Gasteiger partial charge is 0.230 e. The van der Waals surface area contributed by atoms with E-state index in [2.05, 4.69) is 37.0 Å². The highest BCUT2D eigenvalue weighted by atomic mass is 79.9. The molecule has 2 aromatic carbocycles. The molecule has 3 aromatic rings. The highest BCUT2D eigenvalue weighted by molar-refractivity contribution is 9.11. The monoisotopic (exact) mass is 406 g/mol. The number of halogens is 2. The number of nitrogens with zero attached hydrogens (tertiary/aromatic N) is 1. The summed E-state index contributed by atoms with van der Waals surface area (Å²) in [6.45, 7) is 2.04. The van der Waals surface area contributed by atoms with E-state index in [4.69, 9.17) is 10.3 Å². The third-order valence-electron chi connectivity index (χ3n) is 3.24. The Morgan fingerprint density at radius 2 is 1.76 bits per heavy atom. The van der Waals surface area contributed by atoms with Crippen molar-refractivity contribution < 1.29 is 4.52 Å². The first-order chi connectivity index (χ1) is 10.1. The second-order valence-corrected chi connectivity index (χ2v) is 6.44. The predicted molar refractivity (Wildman–Crippen MR) is 91.9 cm³/mol. The Labute approximate surface area is 139 Å². The number of anilines is 1. The number of nitrogens with two attached hydrogens (primary N) is 1. The minimum Gasteiger partial charge on any atom is -0.367 e. The van der Waals surface area contributed by atoms with Crippen LogP contribution in [0.25, 0.3) is 22.4 Å². The van der Waals surface area contributed by atoms with Gasteiger partial charge in [0.2, 0.25) is 5.88 Å². The van der Waals surface area contributed by atoms with Gasteiger partial charge in [-0.3, -0.25) is 0 Å². The number of aromatic nitrogens is 1. The first-order valence-corrected chi connectivity index (χ1v) is 7.93. The average molecular weight is 408 g/mol. The number of hydrogen-bond donors (Lipinski definition) is 1. The van der Waals surface area contributed by atoms with Crippen LogP contribution in [-0.2, 0) is 0 Å². The number of benzene rings is 2. The van der Waals surface area contributed by atoms with Crippen LogP contribution in [0.5, 0.6) is 0 Å². The van der Waals surface area contributed by atoms with Crippen molar-refractivity contribution in [1.82, 2.24) is 5.16 Å². The maximum Gasteiger partial charge on any atom is 0.230 e. The molecule has 1 heterocycles. The molecule has 3 nitrogen and oxygen atoms in total. The Bertz CT molecular complexity index is 812. The van der Waals surface area contributed by atoms with Gasteiger partial charge >= 0.3 is 0 Å². The van der Waals surface area contributed by atoms with Crippen LogP contribution in [0.4, 0.5) is 5.88 Å². The highest BCUT2D eigenvalue weighted by Crippen LogP contribution is 2.41. The minimum absolute atomic E-state index is 0.310. The van der Waals surface area contributed by atoms with Gasteiger partial charge in [0, 0.05) is 20.1 Å². The second kappa shape index (κ2) is 5.66. The van der Waals surface area contributed by atoms with E-state index in [-0.39, 0.29) is 0 Å². The van der Waals surface area contributed by atoms with Gasteiger partial charge in [-0.05, 0) is 24.6 Å². The first-order valence-electron chi connectivity index (χ1n) is 6.34. The third-order valence-corrected chi connectivity index (χ3v) is 4.59. The van der Waals surface area contributed by atoms with Crippen molar-refractivity contribution in [1.29, 1.82) is 0 Å². The Morgan fingerprint density at radius 3 is 2.48 bits per heavy atom. The van der Waals surface area contributed by atoms with Crippen molar-refractivity contribution in [2.45, 2.75) is 6.92 Å². The van der Waals surface area contributed by atoms with Gasteiger partial charge in [0.1, 0.15) is 5.69 Å². The molecule has 1 aromatic heterocycles. The maximum atomic E-state index is 5.99. The van der Waals surface area contributed by atoms with Gasteiger partial charge in [0.15, 0.2) is 0 Å². The van der Waals surface area contributed by atoms with Crippen LogP contribution in [0.3, 0.4) is 0 Å². The molecule has 0 amide bonds. The molecule has 0 radical (unpaired) electrons. The van der Waals surface area contributed by atoms with E-state index in [0.29, 0.717) is 5.88 Å². The lowest BCUT2D eigenvalue weighted by molar-refractivity contribution is 0.439. The summed E-state index contributed by atoms with van der Waals surface area (Å²) in [5, 5.41) is 4.14. The van der Waals surface area contributed by atoms with Crippen molar-refractivity contribution >= 4 is 37.7 Å². The Hall–Kier alpha value is -1.59. The van der Waals surface area contributed by atoms with E-state index >= 15 is 0 Å². The molecule has 0 atom stereocenters. The number of nitrogen functional groups attached to an aromatic ring is 1. The molecule has 5 heteroatoms. The van der Waals surface area contributed by atoms with Gasteiger partial charge in [-0.25, -0.2) is 0 Å². The minimum atomic E-state index is 0.310. The lowest BCUT2D eigenvalue weighted by atomic mass is 10.0. The van der Waals surface area contributed by atoms with E-state index < -0.39 is 0 Å². The zero-order valence-electron chi connectivity index (χ0n) is 11.2. The van der Waals surface area contributed by atoms with E-state index in [1.165, 1.54) is 5.56 Å². The van der Waals surface area contributed by atoms with Crippen LogP contribution in [0, 0.1) is 6.92 Å². The first kappa shape index (κ1) is 14.4. The van der Waals surface area contributed by atoms with Crippen molar-refractivity contribution in [3.05, 3.63) is 57.0 Å². The molecule has 0 fully saturated rings. The van der Waals surface area contributed by atoms with Gasteiger partial charge < -0.3 is 10.3 Å². The molecule has 0 aliphatic rings. The van der Waals surface area contributed by atoms with Crippen molar-refractivity contribution in [2.24, 2.45) is 0 Å². The zero-order valence-corrected chi connectivity index (χ0v) is 14.4. The number of hydrogen-bond acceptors (Lipinski definition) is 3. The fraction of sp³-hybridized carbons (Fsp3) is 0.0625. The van der Waals surface area contributed by atoms with Gasteiger partial charge in [-0.1, -0.05) is 67.3 Å². The van der Waals surface area contributed by atoms with Crippen LogP contribution in [-0.4, -0.2) is 5.16 Å². The molecule has 0 spiro atoms. The molecule has 0 bridgehead atoms. The van der Waals surface area contributed by atoms with E-state index in [1.807, 2.05) is 49.4 Å². The van der Waals surface area contributed by atoms with Crippen molar-refractivity contribution in [3.8, 4) is 22.4 Å². The lowest BCUT2D eigenvalue weighted by Crippen LogP contribution is -1.89. The summed E-state index contributed by atoms with van der Waals surface area (Å²) in [4.78, 5) is 0. The summed E-state index contributed by atoms with van der Waals surface area (Å²) < 4.78 is 7.14. The normalized spacial score (nSPS) is 10.8. The Kier molecular flexibility index (Phi) is 3.87. The second-order valence-electron chi connectivity index (χ2n) is 4.73. The fourth-order valence-electron chi connectivity index (χ4n) is 2.22. The summed E-state index contributed by atoms with van der Waals surface area (Å²) in [5.41, 5.74) is 10.6. The predicted octanol–water partition coefficient (Wildman–Crippen LogP) is 5.42. The maximum absolute atomic E-state index is 5.99.